The number of hydrogen-bond acceptors (Lipinski definition) is 4. The zero-order valence-corrected chi connectivity index (χ0v) is 15.0. The second-order valence-corrected chi connectivity index (χ2v) is 6.46. The molecule has 0 saturated heterocycles. The highest BCUT2D eigenvalue weighted by Gasteiger charge is 2.23. The van der Waals surface area contributed by atoms with Gasteiger partial charge in [-0.2, -0.15) is 0 Å². The molecule has 0 N–H and O–H groups in total. The molecule has 1 amide bonds. The van der Waals surface area contributed by atoms with Crippen molar-refractivity contribution in [1.82, 2.24) is 9.88 Å². The minimum atomic E-state index is -0.394. The zero-order chi connectivity index (χ0) is 17.5. The number of carbonyl (C=O) groups is 2. The Bertz CT molecular complexity index is 578. The Kier molecular flexibility index (Phi) is 6.76. The van der Waals surface area contributed by atoms with Crippen molar-refractivity contribution >= 4 is 11.9 Å². The first-order valence-electron chi connectivity index (χ1n) is 8.96. The van der Waals surface area contributed by atoms with Crippen LogP contribution in [0.4, 0.5) is 0 Å². The molecule has 5 heteroatoms. The van der Waals surface area contributed by atoms with E-state index in [9.17, 15) is 9.59 Å². The number of ether oxygens (including phenoxy) is 1. The van der Waals surface area contributed by atoms with Crippen molar-refractivity contribution in [3.63, 3.8) is 0 Å². The summed E-state index contributed by atoms with van der Waals surface area (Å²) in [5.41, 5.74) is 1.34. The van der Waals surface area contributed by atoms with Crippen molar-refractivity contribution in [2.45, 2.75) is 64.8 Å². The van der Waals surface area contributed by atoms with Gasteiger partial charge in [0.25, 0.3) is 5.91 Å². The maximum Gasteiger partial charge on any atom is 0.339 e. The molecule has 1 heterocycles. The average molecular weight is 332 g/mol. The minimum absolute atomic E-state index is 0.0703. The molecule has 1 aliphatic rings. The smallest absolute Gasteiger partial charge is 0.339 e. The minimum Gasteiger partial charge on any atom is -0.462 e. The number of carbonyl (C=O) groups excluding carboxylic acids is 2. The van der Waals surface area contributed by atoms with Crippen LogP contribution in [0.5, 0.6) is 0 Å². The van der Waals surface area contributed by atoms with Crippen molar-refractivity contribution < 1.29 is 14.3 Å². The Morgan fingerprint density at radius 1 is 1.17 bits per heavy atom. The summed E-state index contributed by atoms with van der Waals surface area (Å²) in [5, 5.41) is 0. The van der Waals surface area contributed by atoms with E-state index in [-0.39, 0.29) is 11.9 Å². The fourth-order valence-corrected chi connectivity index (χ4v) is 3.27. The number of amides is 1. The van der Waals surface area contributed by atoms with Gasteiger partial charge in [-0.15, -0.1) is 0 Å². The number of rotatable bonds is 4. The summed E-state index contributed by atoms with van der Waals surface area (Å²) in [6, 6.07) is 3.55. The Labute approximate surface area is 144 Å². The molecule has 1 saturated carbocycles. The van der Waals surface area contributed by atoms with E-state index >= 15 is 0 Å². The van der Waals surface area contributed by atoms with Gasteiger partial charge in [0.2, 0.25) is 0 Å². The van der Waals surface area contributed by atoms with Crippen LogP contribution < -0.4 is 0 Å². The highest BCUT2D eigenvalue weighted by molar-refractivity contribution is 5.95. The lowest BCUT2D eigenvalue weighted by Crippen LogP contribution is -2.38. The Morgan fingerprint density at radius 3 is 2.38 bits per heavy atom. The van der Waals surface area contributed by atoms with Crippen LogP contribution in [0, 0.1) is 6.92 Å². The van der Waals surface area contributed by atoms with Crippen molar-refractivity contribution in [2.75, 3.05) is 13.7 Å². The van der Waals surface area contributed by atoms with Crippen LogP contribution in [0.2, 0.25) is 0 Å². The van der Waals surface area contributed by atoms with Crippen molar-refractivity contribution in [2.24, 2.45) is 0 Å². The predicted octanol–water partition coefficient (Wildman–Crippen LogP) is 3.75. The van der Waals surface area contributed by atoms with Gasteiger partial charge in [-0.05, 0) is 38.8 Å². The zero-order valence-electron chi connectivity index (χ0n) is 15.0. The maximum atomic E-state index is 12.7. The first kappa shape index (κ1) is 18.4. The lowest BCUT2D eigenvalue weighted by molar-refractivity contribution is 0.0523. The largest absolute Gasteiger partial charge is 0.462 e. The quantitative estimate of drug-likeness (QED) is 0.788. The highest BCUT2D eigenvalue weighted by atomic mass is 16.5. The van der Waals surface area contributed by atoms with Gasteiger partial charge in [-0.25, -0.2) is 9.78 Å². The van der Waals surface area contributed by atoms with Crippen LogP contribution in [0.25, 0.3) is 0 Å². The third-order valence-corrected chi connectivity index (χ3v) is 4.74. The third kappa shape index (κ3) is 4.56. The molecule has 24 heavy (non-hydrogen) atoms. The first-order valence-corrected chi connectivity index (χ1v) is 8.96. The van der Waals surface area contributed by atoms with Crippen molar-refractivity contribution in [3.8, 4) is 0 Å². The molecule has 0 bridgehead atoms. The fraction of sp³-hybridized carbons (Fsp3) is 0.632. The molecule has 1 aliphatic carbocycles. The van der Waals surface area contributed by atoms with E-state index in [2.05, 4.69) is 4.98 Å². The van der Waals surface area contributed by atoms with Gasteiger partial charge in [-0.3, -0.25) is 4.79 Å². The fourth-order valence-electron chi connectivity index (χ4n) is 3.27. The van der Waals surface area contributed by atoms with Gasteiger partial charge in [-0.1, -0.05) is 32.1 Å². The highest BCUT2D eigenvalue weighted by Crippen LogP contribution is 2.22. The Balaban J connectivity index is 2.10. The van der Waals surface area contributed by atoms with Crippen LogP contribution >= 0.6 is 0 Å². The maximum absolute atomic E-state index is 12.7. The van der Waals surface area contributed by atoms with E-state index in [0.717, 1.165) is 12.8 Å². The summed E-state index contributed by atoms with van der Waals surface area (Å²) in [6.07, 6.45) is 8.28. The summed E-state index contributed by atoms with van der Waals surface area (Å²) in [5.74, 6) is -0.464. The molecule has 1 aromatic heterocycles. The van der Waals surface area contributed by atoms with Gasteiger partial charge in [0.05, 0.1) is 17.9 Å². The van der Waals surface area contributed by atoms with Crippen molar-refractivity contribution in [3.05, 3.63) is 29.1 Å². The Hall–Kier alpha value is -1.91. The van der Waals surface area contributed by atoms with E-state index in [4.69, 9.17) is 4.74 Å². The van der Waals surface area contributed by atoms with E-state index in [0.29, 0.717) is 23.6 Å². The standard InChI is InChI=1S/C19H28N2O3/c1-4-24-19(23)16-12-13-17(20-14(16)2)18(22)21(3)15-10-8-6-5-7-9-11-15/h12-13,15H,4-11H2,1-3H3. The molecular formula is C19H28N2O3. The third-order valence-electron chi connectivity index (χ3n) is 4.74. The van der Waals surface area contributed by atoms with Crippen LogP contribution in [-0.4, -0.2) is 41.5 Å². The van der Waals surface area contributed by atoms with Crippen LogP contribution in [-0.2, 0) is 4.74 Å². The summed E-state index contributed by atoms with van der Waals surface area (Å²) >= 11 is 0. The molecule has 0 spiro atoms. The van der Waals surface area contributed by atoms with Crippen LogP contribution in [0.3, 0.4) is 0 Å². The second-order valence-electron chi connectivity index (χ2n) is 6.46. The molecule has 0 unspecified atom stereocenters. The SMILES string of the molecule is CCOC(=O)c1ccc(C(=O)N(C)C2CCCCCCC2)nc1C. The monoisotopic (exact) mass is 332 g/mol. The summed E-state index contributed by atoms with van der Waals surface area (Å²) < 4.78 is 5.00. The number of esters is 1. The predicted molar refractivity (Wildman–Crippen MR) is 93.1 cm³/mol. The van der Waals surface area contributed by atoms with E-state index in [1.54, 1.807) is 26.0 Å². The number of aromatic nitrogens is 1. The van der Waals surface area contributed by atoms with Gasteiger partial charge >= 0.3 is 5.97 Å². The molecular weight excluding hydrogens is 304 g/mol. The number of nitrogens with zero attached hydrogens (tertiary/aromatic N) is 2. The molecule has 0 aromatic carbocycles. The molecule has 0 aliphatic heterocycles. The number of aryl methyl sites for hydroxylation is 1. The topological polar surface area (TPSA) is 59.5 Å². The summed E-state index contributed by atoms with van der Waals surface area (Å²) in [7, 11) is 1.87. The van der Waals surface area contributed by atoms with Gasteiger partial charge < -0.3 is 9.64 Å². The first-order chi connectivity index (χ1) is 11.5. The van der Waals surface area contributed by atoms with E-state index in [1.165, 1.54) is 32.1 Å². The van der Waals surface area contributed by atoms with Crippen LogP contribution in [0.15, 0.2) is 12.1 Å². The van der Waals surface area contributed by atoms with Gasteiger partial charge in [0, 0.05) is 13.1 Å². The Morgan fingerprint density at radius 2 is 1.79 bits per heavy atom. The molecule has 132 valence electrons. The number of pyridine rings is 1. The molecule has 1 fully saturated rings. The molecule has 0 radical (unpaired) electrons. The second kappa shape index (κ2) is 8.81. The molecule has 0 atom stereocenters. The summed E-state index contributed by atoms with van der Waals surface area (Å²) in [6.45, 7) is 3.82. The molecule has 2 rings (SSSR count). The molecule has 1 aromatic rings. The summed E-state index contributed by atoms with van der Waals surface area (Å²) in [4.78, 5) is 30.8. The van der Waals surface area contributed by atoms with Crippen molar-refractivity contribution in [1.29, 1.82) is 0 Å². The van der Waals surface area contributed by atoms with E-state index < -0.39 is 5.97 Å². The van der Waals surface area contributed by atoms with Gasteiger partial charge in [0.1, 0.15) is 5.69 Å². The average Bonchev–Trinajstić information content (AvgIpc) is 2.53. The normalized spacial score (nSPS) is 16.1. The van der Waals surface area contributed by atoms with Crippen LogP contribution in [0.1, 0.15) is 78.4 Å². The number of hydrogen-bond donors (Lipinski definition) is 0. The molecule has 5 nitrogen and oxygen atoms in total. The lowest BCUT2D eigenvalue weighted by Gasteiger charge is -2.29. The van der Waals surface area contributed by atoms with Gasteiger partial charge in [0.15, 0.2) is 0 Å². The van der Waals surface area contributed by atoms with E-state index in [1.807, 2.05) is 11.9 Å². The lowest BCUT2D eigenvalue weighted by atomic mass is 9.95.